The first-order valence-electron chi connectivity index (χ1n) is 8.99. The summed E-state index contributed by atoms with van der Waals surface area (Å²) in [5, 5.41) is 0. The van der Waals surface area contributed by atoms with Crippen LogP contribution < -0.4 is 0 Å². The zero-order valence-electron chi connectivity index (χ0n) is 14.9. The summed E-state index contributed by atoms with van der Waals surface area (Å²) in [5.74, 6) is 0.167. The summed E-state index contributed by atoms with van der Waals surface area (Å²) in [4.78, 5) is 23.4. The van der Waals surface area contributed by atoms with Gasteiger partial charge < -0.3 is 9.47 Å². The fraction of sp³-hybridized carbons (Fsp3) is 0.789. The molecule has 0 saturated heterocycles. The van der Waals surface area contributed by atoms with E-state index in [1.807, 2.05) is 6.92 Å². The van der Waals surface area contributed by atoms with E-state index in [4.69, 9.17) is 9.47 Å². The molecule has 0 aliphatic heterocycles. The lowest BCUT2D eigenvalue weighted by molar-refractivity contribution is -0.156. The summed E-state index contributed by atoms with van der Waals surface area (Å²) >= 11 is 0. The molecule has 1 aliphatic rings. The van der Waals surface area contributed by atoms with Gasteiger partial charge in [0.05, 0.1) is 12.0 Å². The van der Waals surface area contributed by atoms with E-state index in [0.29, 0.717) is 5.92 Å². The first kappa shape index (κ1) is 19.7. The first-order chi connectivity index (χ1) is 11.0. The summed E-state index contributed by atoms with van der Waals surface area (Å²) in [7, 11) is 0. The highest BCUT2D eigenvalue weighted by atomic mass is 16.5. The highest BCUT2D eigenvalue weighted by molar-refractivity contribution is 5.81. The van der Waals surface area contributed by atoms with Crippen molar-refractivity contribution < 1.29 is 19.1 Å². The molecule has 1 rings (SSSR count). The number of esters is 2. The van der Waals surface area contributed by atoms with Gasteiger partial charge in [-0.05, 0) is 51.4 Å². The smallest absolute Gasteiger partial charge is 0.330 e. The van der Waals surface area contributed by atoms with Crippen molar-refractivity contribution in [3.8, 4) is 0 Å². The van der Waals surface area contributed by atoms with Gasteiger partial charge in [-0.15, -0.1) is 0 Å². The molecule has 1 saturated carbocycles. The van der Waals surface area contributed by atoms with E-state index in [1.165, 1.54) is 18.9 Å². The second kappa shape index (κ2) is 10.5. The van der Waals surface area contributed by atoms with Gasteiger partial charge in [0, 0.05) is 6.08 Å². The van der Waals surface area contributed by atoms with Gasteiger partial charge in [0.25, 0.3) is 0 Å². The lowest BCUT2D eigenvalue weighted by Gasteiger charge is -2.27. The molecule has 0 heterocycles. The SMILES string of the molecule is C=CC(=O)OC1CCC(C(=O)OC(C)CCC(C)CCC)CC1. The minimum absolute atomic E-state index is 0.0156. The molecule has 0 aromatic carbocycles. The molecule has 0 N–H and O–H groups in total. The minimum atomic E-state index is -0.383. The van der Waals surface area contributed by atoms with Crippen LogP contribution in [0.15, 0.2) is 12.7 Å². The fourth-order valence-corrected chi connectivity index (χ4v) is 3.14. The predicted octanol–water partition coefficient (Wildman–Crippen LogP) is 4.42. The van der Waals surface area contributed by atoms with Crippen molar-refractivity contribution in [1.29, 1.82) is 0 Å². The molecular formula is C19H32O4. The Kier molecular flexibility index (Phi) is 8.97. The van der Waals surface area contributed by atoms with Crippen molar-refractivity contribution in [1.82, 2.24) is 0 Å². The topological polar surface area (TPSA) is 52.6 Å². The fourth-order valence-electron chi connectivity index (χ4n) is 3.14. The lowest BCUT2D eigenvalue weighted by atomic mass is 9.87. The van der Waals surface area contributed by atoms with Crippen molar-refractivity contribution >= 4 is 11.9 Å². The molecule has 1 fully saturated rings. The van der Waals surface area contributed by atoms with Gasteiger partial charge in [-0.1, -0.05) is 33.3 Å². The monoisotopic (exact) mass is 324 g/mol. The Balaban J connectivity index is 2.25. The number of hydrogen-bond acceptors (Lipinski definition) is 4. The van der Waals surface area contributed by atoms with Crippen LogP contribution in [0.2, 0.25) is 0 Å². The van der Waals surface area contributed by atoms with Crippen LogP contribution in [-0.4, -0.2) is 24.1 Å². The van der Waals surface area contributed by atoms with E-state index in [-0.39, 0.29) is 30.1 Å². The van der Waals surface area contributed by atoms with Crippen LogP contribution in [0.4, 0.5) is 0 Å². The van der Waals surface area contributed by atoms with Crippen LogP contribution in [0.1, 0.15) is 72.1 Å². The van der Waals surface area contributed by atoms with Gasteiger partial charge in [-0.2, -0.15) is 0 Å². The molecule has 0 aromatic heterocycles. The van der Waals surface area contributed by atoms with Crippen molar-refractivity contribution in [3.05, 3.63) is 12.7 Å². The van der Waals surface area contributed by atoms with Gasteiger partial charge in [0.1, 0.15) is 6.10 Å². The average Bonchev–Trinajstić information content (AvgIpc) is 2.53. The summed E-state index contributed by atoms with van der Waals surface area (Å²) in [5.41, 5.74) is 0. The summed E-state index contributed by atoms with van der Waals surface area (Å²) in [6.07, 6.45) is 8.45. The van der Waals surface area contributed by atoms with E-state index in [9.17, 15) is 9.59 Å². The maximum absolute atomic E-state index is 12.2. The normalized spacial score (nSPS) is 23.6. The number of carbonyl (C=O) groups is 2. The zero-order chi connectivity index (χ0) is 17.2. The predicted molar refractivity (Wildman–Crippen MR) is 90.9 cm³/mol. The summed E-state index contributed by atoms with van der Waals surface area (Å²) in [6, 6.07) is 0. The second-order valence-electron chi connectivity index (χ2n) is 6.83. The maximum Gasteiger partial charge on any atom is 0.330 e. The molecule has 0 aromatic rings. The Morgan fingerprint density at radius 1 is 1.13 bits per heavy atom. The van der Waals surface area contributed by atoms with Gasteiger partial charge in [0.2, 0.25) is 0 Å². The van der Waals surface area contributed by atoms with Crippen molar-refractivity contribution in [3.63, 3.8) is 0 Å². The Morgan fingerprint density at radius 3 is 2.35 bits per heavy atom. The third kappa shape index (κ3) is 7.67. The first-order valence-corrected chi connectivity index (χ1v) is 8.99. The number of carbonyl (C=O) groups excluding carboxylic acids is 2. The van der Waals surface area contributed by atoms with Crippen LogP contribution in [-0.2, 0) is 19.1 Å². The van der Waals surface area contributed by atoms with Crippen LogP contribution in [0.25, 0.3) is 0 Å². The number of hydrogen-bond donors (Lipinski definition) is 0. The molecule has 4 heteroatoms. The third-order valence-corrected chi connectivity index (χ3v) is 4.62. The largest absolute Gasteiger partial charge is 0.462 e. The second-order valence-corrected chi connectivity index (χ2v) is 6.83. The molecule has 0 bridgehead atoms. The quantitative estimate of drug-likeness (QED) is 0.465. The zero-order valence-corrected chi connectivity index (χ0v) is 14.9. The highest BCUT2D eigenvalue weighted by Crippen LogP contribution is 2.28. The molecule has 2 atom stereocenters. The van der Waals surface area contributed by atoms with Gasteiger partial charge in [0.15, 0.2) is 0 Å². The Morgan fingerprint density at radius 2 is 1.78 bits per heavy atom. The molecule has 2 unspecified atom stereocenters. The van der Waals surface area contributed by atoms with Crippen LogP contribution >= 0.6 is 0 Å². The summed E-state index contributed by atoms with van der Waals surface area (Å²) < 4.78 is 10.8. The molecule has 1 aliphatic carbocycles. The van der Waals surface area contributed by atoms with Crippen molar-refractivity contribution in [2.75, 3.05) is 0 Å². The van der Waals surface area contributed by atoms with Crippen molar-refractivity contribution in [2.24, 2.45) is 11.8 Å². The van der Waals surface area contributed by atoms with Crippen LogP contribution in [0.5, 0.6) is 0 Å². The third-order valence-electron chi connectivity index (χ3n) is 4.62. The van der Waals surface area contributed by atoms with Crippen LogP contribution in [0, 0.1) is 11.8 Å². The van der Waals surface area contributed by atoms with Gasteiger partial charge >= 0.3 is 11.9 Å². The maximum atomic E-state index is 12.2. The van der Waals surface area contributed by atoms with E-state index in [0.717, 1.165) is 38.5 Å². The molecular weight excluding hydrogens is 292 g/mol. The number of ether oxygens (including phenoxy) is 2. The van der Waals surface area contributed by atoms with E-state index in [1.54, 1.807) is 0 Å². The number of rotatable bonds is 9. The molecule has 4 nitrogen and oxygen atoms in total. The Bertz CT molecular complexity index is 383. The Labute approximate surface area is 140 Å². The standard InChI is InChI=1S/C19H32O4/c1-5-7-14(3)8-9-15(4)22-19(21)16-10-12-17(13-11-16)23-18(20)6-2/h6,14-17H,2,5,7-13H2,1,3-4H3. The molecule has 23 heavy (non-hydrogen) atoms. The molecule has 0 amide bonds. The average molecular weight is 324 g/mol. The van der Waals surface area contributed by atoms with Gasteiger partial charge in [-0.25, -0.2) is 4.79 Å². The highest BCUT2D eigenvalue weighted by Gasteiger charge is 2.29. The van der Waals surface area contributed by atoms with E-state index in [2.05, 4.69) is 20.4 Å². The van der Waals surface area contributed by atoms with Crippen molar-refractivity contribution in [2.45, 2.75) is 84.3 Å². The molecule has 0 spiro atoms. The van der Waals surface area contributed by atoms with Gasteiger partial charge in [-0.3, -0.25) is 4.79 Å². The molecule has 0 radical (unpaired) electrons. The van der Waals surface area contributed by atoms with Crippen LogP contribution in [0.3, 0.4) is 0 Å². The molecule has 132 valence electrons. The summed E-state index contributed by atoms with van der Waals surface area (Å²) in [6.45, 7) is 9.83. The Hall–Kier alpha value is -1.32. The van der Waals surface area contributed by atoms with E-state index < -0.39 is 0 Å². The minimum Gasteiger partial charge on any atom is -0.462 e. The lowest BCUT2D eigenvalue weighted by Crippen LogP contribution is -2.30. The van der Waals surface area contributed by atoms with E-state index >= 15 is 0 Å².